The SMILES string of the molecule is COc1c(C(C)C)ccc2c1CC[C@@]1(O)C3=C(CC[C@]21C)C(=O)OC3. The molecule has 0 aromatic heterocycles. The second kappa shape index (κ2) is 5.34. The maximum Gasteiger partial charge on any atom is 0.334 e. The van der Waals surface area contributed by atoms with E-state index >= 15 is 0 Å². The number of fused-ring (bicyclic) bond motifs is 4. The monoisotopic (exact) mass is 342 g/mol. The average molecular weight is 342 g/mol. The van der Waals surface area contributed by atoms with E-state index in [0.29, 0.717) is 24.3 Å². The number of ether oxygens (including phenoxy) is 2. The Morgan fingerprint density at radius 2 is 2.00 bits per heavy atom. The molecule has 0 saturated carbocycles. The molecule has 1 N–H and O–H groups in total. The van der Waals surface area contributed by atoms with Crippen LogP contribution in [-0.2, 0) is 21.4 Å². The Balaban J connectivity index is 1.91. The van der Waals surface area contributed by atoms with Crippen molar-refractivity contribution in [2.45, 2.75) is 63.4 Å². The van der Waals surface area contributed by atoms with Crippen LogP contribution in [0.15, 0.2) is 23.3 Å². The third kappa shape index (κ3) is 2.00. The van der Waals surface area contributed by atoms with Crippen LogP contribution in [0.25, 0.3) is 0 Å². The number of rotatable bonds is 2. The van der Waals surface area contributed by atoms with Crippen molar-refractivity contribution >= 4 is 5.97 Å². The van der Waals surface area contributed by atoms with Gasteiger partial charge in [0, 0.05) is 16.6 Å². The van der Waals surface area contributed by atoms with Crippen molar-refractivity contribution in [1.82, 2.24) is 0 Å². The first-order valence-electron chi connectivity index (χ1n) is 9.15. The van der Waals surface area contributed by atoms with Gasteiger partial charge in [0.15, 0.2) is 0 Å². The maximum atomic E-state index is 12.0. The highest BCUT2D eigenvalue weighted by atomic mass is 16.5. The summed E-state index contributed by atoms with van der Waals surface area (Å²) >= 11 is 0. The summed E-state index contributed by atoms with van der Waals surface area (Å²) in [6.45, 7) is 6.71. The minimum Gasteiger partial charge on any atom is -0.496 e. The molecule has 0 saturated heterocycles. The van der Waals surface area contributed by atoms with E-state index in [-0.39, 0.29) is 12.6 Å². The van der Waals surface area contributed by atoms with Gasteiger partial charge in [-0.2, -0.15) is 0 Å². The Kier molecular flexibility index (Phi) is 3.56. The summed E-state index contributed by atoms with van der Waals surface area (Å²) in [4.78, 5) is 12.0. The Labute approximate surface area is 148 Å². The summed E-state index contributed by atoms with van der Waals surface area (Å²) < 4.78 is 11.0. The number of aliphatic hydroxyl groups is 1. The number of benzene rings is 1. The molecule has 25 heavy (non-hydrogen) atoms. The second-order valence-electron chi connectivity index (χ2n) is 8.09. The predicted octanol–water partition coefficient (Wildman–Crippen LogP) is 3.40. The highest BCUT2D eigenvalue weighted by Gasteiger charge is 2.58. The van der Waals surface area contributed by atoms with E-state index in [0.717, 1.165) is 29.7 Å². The van der Waals surface area contributed by atoms with Crippen molar-refractivity contribution < 1.29 is 19.4 Å². The molecule has 0 unspecified atom stereocenters. The van der Waals surface area contributed by atoms with Gasteiger partial charge in [0.25, 0.3) is 0 Å². The molecule has 1 aromatic carbocycles. The van der Waals surface area contributed by atoms with Crippen molar-refractivity contribution in [3.63, 3.8) is 0 Å². The number of cyclic esters (lactones) is 1. The molecule has 3 aliphatic rings. The van der Waals surface area contributed by atoms with Gasteiger partial charge in [-0.3, -0.25) is 0 Å². The van der Waals surface area contributed by atoms with Gasteiger partial charge >= 0.3 is 5.97 Å². The van der Waals surface area contributed by atoms with E-state index in [1.807, 2.05) is 0 Å². The zero-order valence-corrected chi connectivity index (χ0v) is 15.4. The van der Waals surface area contributed by atoms with Gasteiger partial charge in [0.05, 0.1) is 12.7 Å². The summed E-state index contributed by atoms with van der Waals surface area (Å²) in [6, 6.07) is 4.31. The van der Waals surface area contributed by atoms with E-state index in [1.54, 1.807) is 7.11 Å². The first-order valence-corrected chi connectivity index (χ1v) is 9.15. The Morgan fingerprint density at radius 1 is 1.24 bits per heavy atom. The summed E-state index contributed by atoms with van der Waals surface area (Å²) in [5.41, 5.74) is 3.67. The van der Waals surface area contributed by atoms with E-state index in [2.05, 4.69) is 32.9 Å². The lowest BCUT2D eigenvalue weighted by Gasteiger charge is -2.53. The first-order chi connectivity index (χ1) is 11.8. The van der Waals surface area contributed by atoms with E-state index in [1.165, 1.54) is 11.1 Å². The highest BCUT2D eigenvalue weighted by molar-refractivity contribution is 5.93. The van der Waals surface area contributed by atoms with Crippen LogP contribution in [0.4, 0.5) is 0 Å². The fourth-order valence-electron chi connectivity index (χ4n) is 5.17. The van der Waals surface area contributed by atoms with Crippen LogP contribution in [-0.4, -0.2) is 30.4 Å². The summed E-state index contributed by atoms with van der Waals surface area (Å²) in [5, 5.41) is 11.7. The quantitative estimate of drug-likeness (QED) is 0.837. The smallest absolute Gasteiger partial charge is 0.334 e. The van der Waals surface area contributed by atoms with Gasteiger partial charge in [0.1, 0.15) is 12.4 Å². The first kappa shape index (κ1) is 16.6. The van der Waals surface area contributed by atoms with Crippen molar-refractivity contribution in [2.24, 2.45) is 0 Å². The molecule has 134 valence electrons. The molecule has 1 aliphatic heterocycles. The predicted molar refractivity (Wildman–Crippen MR) is 94.9 cm³/mol. The van der Waals surface area contributed by atoms with Crippen LogP contribution in [0.3, 0.4) is 0 Å². The molecule has 1 heterocycles. The summed E-state index contributed by atoms with van der Waals surface area (Å²) in [7, 11) is 1.73. The van der Waals surface area contributed by atoms with Gasteiger partial charge in [-0.1, -0.05) is 32.9 Å². The minimum atomic E-state index is -1.01. The lowest BCUT2D eigenvalue weighted by molar-refractivity contribution is -0.136. The van der Waals surface area contributed by atoms with E-state index in [9.17, 15) is 9.90 Å². The molecule has 2 atom stereocenters. The molecule has 4 nitrogen and oxygen atoms in total. The third-order valence-corrected chi connectivity index (χ3v) is 6.69. The number of hydrogen-bond acceptors (Lipinski definition) is 4. The number of carbonyl (C=O) groups is 1. The molecule has 0 radical (unpaired) electrons. The molecule has 4 rings (SSSR count). The van der Waals surface area contributed by atoms with Crippen molar-refractivity contribution in [2.75, 3.05) is 13.7 Å². The molecule has 1 aromatic rings. The minimum absolute atomic E-state index is 0.233. The van der Waals surface area contributed by atoms with Crippen LogP contribution < -0.4 is 4.74 Å². The lowest BCUT2D eigenvalue weighted by atomic mass is 9.54. The molecule has 0 fully saturated rings. The summed E-state index contributed by atoms with van der Waals surface area (Å²) in [5.74, 6) is 1.11. The van der Waals surface area contributed by atoms with Crippen molar-refractivity contribution in [3.05, 3.63) is 40.0 Å². The van der Waals surface area contributed by atoms with Crippen LogP contribution in [0.2, 0.25) is 0 Å². The topological polar surface area (TPSA) is 55.8 Å². The Morgan fingerprint density at radius 3 is 2.68 bits per heavy atom. The summed E-state index contributed by atoms with van der Waals surface area (Å²) in [6.07, 6.45) is 2.76. The third-order valence-electron chi connectivity index (χ3n) is 6.69. The molecule has 0 amide bonds. The lowest BCUT2D eigenvalue weighted by Crippen LogP contribution is -2.56. The van der Waals surface area contributed by atoms with Crippen LogP contribution in [0.1, 0.15) is 62.6 Å². The van der Waals surface area contributed by atoms with Gasteiger partial charge in [-0.15, -0.1) is 0 Å². The highest BCUT2D eigenvalue weighted by Crippen LogP contribution is 2.57. The van der Waals surface area contributed by atoms with Gasteiger partial charge in [-0.25, -0.2) is 4.79 Å². The molecule has 2 aliphatic carbocycles. The number of carbonyl (C=O) groups excluding carboxylic acids is 1. The van der Waals surface area contributed by atoms with Crippen LogP contribution in [0, 0.1) is 0 Å². The molecule has 0 spiro atoms. The number of esters is 1. The molecular formula is C21H26O4. The molecule has 0 bridgehead atoms. The van der Waals surface area contributed by atoms with Gasteiger partial charge in [0.2, 0.25) is 0 Å². The Hall–Kier alpha value is -1.81. The van der Waals surface area contributed by atoms with Crippen LogP contribution in [0.5, 0.6) is 5.75 Å². The standard InChI is InChI=1S/C21H26O4/c1-12(2)13-5-6-16-14(18(13)24-4)8-10-21(23)17-11-25-19(22)15(17)7-9-20(16,21)3/h5-6,12,23H,7-11H2,1-4H3/t20-,21-/m1/s1. The average Bonchev–Trinajstić information content (AvgIpc) is 2.97. The number of hydrogen-bond donors (Lipinski definition) is 1. The number of methoxy groups -OCH3 is 1. The molecular weight excluding hydrogens is 316 g/mol. The largest absolute Gasteiger partial charge is 0.496 e. The second-order valence-corrected chi connectivity index (χ2v) is 8.09. The van der Waals surface area contributed by atoms with Gasteiger partial charge < -0.3 is 14.6 Å². The Bertz CT molecular complexity index is 791. The van der Waals surface area contributed by atoms with Gasteiger partial charge in [-0.05, 0) is 48.3 Å². The zero-order chi connectivity index (χ0) is 18.0. The zero-order valence-electron chi connectivity index (χ0n) is 15.4. The van der Waals surface area contributed by atoms with Crippen molar-refractivity contribution in [3.8, 4) is 5.75 Å². The molecule has 4 heteroatoms. The van der Waals surface area contributed by atoms with E-state index < -0.39 is 11.0 Å². The fraction of sp³-hybridized carbons (Fsp3) is 0.571. The normalized spacial score (nSPS) is 30.7. The van der Waals surface area contributed by atoms with E-state index in [4.69, 9.17) is 9.47 Å². The van der Waals surface area contributed by atoms with Crippen LogP contribution >= 0.6 is 0 Å². The fourth-order valence-corrected chi connectivity index (χ4v) is 5.17. The maximum absolute atomic E-state index is 12.0. The van der Waals surface area contributed by atoms with Crippen molar-refractivity contribution in [1.29, 1.82) is 0 Å².